The molecule has 0 atom stereocenters. The summed E-state index contributed by atoms with van der Waals surface area (Å²) in [6, 6.07) is 14.0. The number of hydrogen-bond acceptors (Lipinski definition) is 5. The van der Waals surface area contributed by atoms with Crippen LogP contribution in [-0.4, -0.2) is 56.6 Å². The van der Waals surface area contributed by atoms with E-state index in [0.717, 1.165) is 78.3 Å². The minimum atomic E-state index is 0.245. The largest absolute Gasteiger partial charge is 0.341 e. The first-order chi connectivity index (χ1) is 16.1. The number of halogens is 1. The standard InChI is InChI=1S/C25H25ClN6O/c1-16-4-2-5-18(14-16)22-28-29-23-20-9-8-19(26)15-21(20)27-25(32(22)23)31-11-3-10-30(12-13-31)24(33)17-6-7-17/h2,4-5,8-9,14-15,17H,3,6-7,10-13H2,1H3. The third kappa shape index (κ3) is 3.70. The Morgan fingerprint density at radius 1 is 1.03 bits per heavy atom. The van der Waals surface area contributed by atoms with E-state index in [1.807, 2.05) is 29.2 Å². The number of aryl methyl sites for hydroxylation is 1. The Morgan fingerprint density at radius 3 is 2.73 bits per heavy atom. The van der Waals surface area contributed by atoms with Crippen molar-refractivity contribution in [2.75, 3.05) is 31.1 Å². The van der Waals surface area contributed by atoms with E-state index in [-0.39, 0.29) is 5.92 Å². The van der Waals surface area contributed by atoms with E-state index < -0.39 is 0 Å². The molecule has 2 fully saturated rings. The molecule has 4 aromatic rings. The monoisotopic (exact) mass is 460 g/mol. The van der Waals surface area contributed by atoms with Crippen molar-refractivity contribution in [3.8, 4) is 11.4 Å². The van der Waals surface area contributed by atoms with E-state index in [0.29, 0.717) is 17.5 Å². The summed E-state index contributed by atoms with van der Waals surface area (Å²) in [4.78, 5) is 22.0. The Bertz CT molecular complexity index is 1380. The van der Waals surface area contributed by atoms with Gasteiger partial charge in [0.25, 0.3) is 0 Å². The van der Waals surface area contributed by atoms with Crippen LogP contribution in [0.4, 0.5) is 5.95 Å². The maximum atomic E-state index is 12.7. The average Bonchev–Trinajstić information content (AvgIpc) is 3.60. The molecule has 0 bridgehead atoms. The van der Waals surface area contributed by atoms with Gasteiger partial charge in [0.1, 0.15) is 0 Å². The van der Waals surface area contributed by atoms with Crippen LogP contribution in [0.1, 0.15) is 24.8 Å². The first kappa shape index (κ1) is 20.4. The van der Waals surface area contributed by atoms with Crippen molar-refractivity contribution in [1.29, 1.82) is 0 Å². The van der Waals surface area contributed by atoms with E-state index in [1.165, 1.54) is 0 Å². The number of rotatable bonds is 3. The Kier molecular flexibility index (Phi) is 4.94. The van der Waals surface area contributed by atoms with Crippen LogP contribution in [-0.2, 0) is 4.79 Å². The smallest absolute Gasteiger partial charge is 0.225 e. The SMILES string of the molecule is Cc1cccc(-c2nnc3c4ccc(Cl)cc4nc(N4CCCN(C(=O)C5CC5)CC4)n23)c1. The van der Waals surface area contributed by atoms with Gasteiger partial charge in [0.15, 0.2) is 11.5 Å². The van der Waals surface area contributed by atoms with Gasteiger partial charge in [-0.1, -0.05) is 35.4 Å². The molecule has 1 saturated heterocycles. The first-order valence-corrected chi connectivity index (χ1v) is 11.9. The van der Waals surface area contributed by atoms with Crippen LogP contribution in [0.3, 0.4) is 0 Å². The second-order valence-electron chi connectivity index (χ2n) is 9.07. The number of benzene rings is 2. The number of nitrogens with zero attached hydrogens (tertiary/aromatic N) is 6. The highest BCUT2D eigenvalue weighted by molar-refractivity contribution is 6.31. The number of carbonyl (C=O) groups excluding carboxylic acids is 1. The molecule has 6 rings (SSSR count). The number of anilines is 1. The lowest BCUT2D eigenvalue weighted by Gasteiger charge is -2.24. The summed E-state index contributed by atoms with van der Waals surface area (Å²) in [6.45, 7) is 5.10. The van der Waals surface area contributed by atoms with Crippen LogP contribution in [0.5, 0.6) is 0 Å². The molecular formula is C25H25ClN6O. The van der Waals surface area contributed by atoms with Gasteiger partial charge in [0.2, 0.25) is 11.9 Å². The number of carbonyl (C=O) groups is 1. The van der Waals surface area contributed by atoms with E-state index in [1.54, 1.807) is 0 Å². The van der Waals surface area contributed by atoms with E-state index >= 15 is 0 Å². The quantitative estimate of drug-likeness (QED) is 0.454. The third-order valence-electron chi connectivity index (χ3n) is 6.58. The van der Waals surface area contributed by atoms with Crippen molar-refractivity contribution in [3.05, 3.63) is 53.1 Å². The van der Waals surface area contributed by atoms with E-state index in [2.05, 4.69) is 44.6 Å². The minimum absolute atomic E-state index is 0.245. The van der Waals surface area contributed by atoms with E-state index in [9.17, 15) is 4.79 Å². The Morgan fingerprint density at radius 2 is 1.91 bits per heavy atom. The topological polar surface area (TPSA) is 66.6 Å². The molecule has 0 spiro atoms. The molecule has 0 N–H and O–H groups in total. The Labute approximate surface area is 197 Å². The molecule has 1 aliphatic carbocycles. The number of aromatic nitrogens is 4. The van der Waals surface area contributed by atoms with E-state index in [4.69, 9.17) is 16.6 Å². The zero-order valence-corrected chi connectivity index (χ0v) is 19.3. The van der Waals surface area contributed by atoms with Crippen LogP contribution in [0.15, 0.2) is 42.5 Å². The van der Waals surface area contributed by atoms with Gasteiger partial charge in [-0.15, -0.1) is 10.2 Å². The average molecular weight is 461 g/mol. The lowest BCUT2D eigenvalue weighted by molar-refractivity contribution is -0.132. The van der Waals surface area contributed by atoms with Gasteiger partial charge in [-0.25, -0.2) is 9.38 Å². The van der Waals surface area contributed by atoms with Crippen molar-refractivity contribution in [2.45, 2.75) is 26.2 Å². The summed E-state index contributed by atoms with van der Waals surface area (Å²) >= 11 is 6.30. The van der Waals surface area contributed by atoms with Crippen LogP contribution < -0.4 is 4.90 Å². The maximum Gasteiger partial charge on any atom is 0.225 e. The molecule has 0 unspecified atom stereocenters. The van der Waals surface area contributed by atoms with Crippen molar-refractivity contribution in [3.63, 3.8) is 0 Å². The molecule has 168 valence electrons. The van der Waals surface area contributed by atoms with Gasteiger partial charge < -0.3 is 9.80 Å². The second-order valence-corrected chi connectivity index (χ2v) is 9.50. The van der Waals surface area contributed by atoms with Gasteiger partial charge in [-0.05, 0) is 50.5 Å². The van der Waals surface area contributed by atoms with Crippen molar-refractivity contribution >= 4 is 40.0 Å². The normalized spacial score (nSPS) is 17.0. The van der Waals surface area contributed by atoms with Gasteiger partial charge >= 0.3 is 0 Å². The fraction of sp³-hybridized carbons (Fsp3) is 0.360. The number of amides is 1. The second kappa shape index (κ2) is 7.99. The lowest BCUT2D eigenvalue weighted by Crippen LogP contribution is -2.36. The molecule has 7 nitrogen and oxygen atoms in total. The molecule has 1 amide bonds. The van der Waals surface area contributed by atoms with Crippen LogP contribution in [0.2, 0.25) is 5.02 Å². The molecule has 1 aliphatic heterocycles. The van der Waals surface area contributed by atoms with Gasteiger partial charge in [-0.3, -0.25) is 4.79 Å². The lowest BCUT2D eigenvalue weighted by atomic mass is 10.1. The summed E-state index contributed by atoms with van der Waals surface area (Å²) in [5.74, 6) is 2.12. The predicted octanol–water partition coefficient (Wildman–Crippen LogP) is 4.36. The molecule has 1 saturated carbocycles. The highest BCUT2D eigenvalue weighted by Crippen LogP contribution is 2.33. The molecule has 2 aliphatic rings. The fourth-order valence-electron chi connectivity index (χ4n) is 4.70. The summed E-state index contributed by atoms with van der Waals surface area (Å²) in [6.07, 6.45) is 2.97. The minimum Gasteiger partial charge on any atom is -0.341 e. The molecular weight excluding hydrogens is 436 g/mol. The zero-order valence-electron chi connectivity index (χ0n) is 18.5. The van der Waals surface area contributed by atoms with Crippen molar-refractivity contribution in [1.82, 2.24) is 24.5 Å². The number of fused-ring (bicyclic) bond motifs is 3. The molecule has 3 heterocycles. The van der Waals surface area contributed by atoms with Gasteiger partial charge in [-0.2, -0.15) is 0 Å². The van der Waals surface area contributed by atoms with Crippen LogP contribution in [0.25, 0.3) is 27.9 Å². The number of hydrogen-bond donors (Lipinski definition) is 0. The summed E-state index contributed by atoms with van der Waals surface area (Å²) in [5.41, 5.74) is 3.72. The molecule has 8 heteroatoms. The fourth-order valence-corrected chi connectivity index (χ4v) is 4.87. The van der Waals surface area contributed by atoms with Crippen LogP contribution in [0, 0.1) is 12.8 Å². The maximum absolute atomic E-state index is 12.7. The predicted molar refractivity (Wildman–Crippen MR) is 130 cm³/mol. The highest BCUT2D eigenvalue weighted by atomic mass is 35.5. The van der Waals surface area contributed by atoms with Gasteiger partial charge in [0, 0.05) is 48.1 Å². The van der Waals surface area contributed by atoms with Gasteiger partial charge in [0.05, 0.1) is 5.52 Å². The third-order valence-corrected chi connectivity index (χ3v) is 6.81. The molecule has 33 heavy (non-hydrogen) atoms. The Balaban J connectivity index is 1.48. The highest BCUT2D eigenvalue weighted by Gasteiger charge is 2.34. The van der Waals surface area contributed by atoms with Crippen molar-refractivity contribution in [2.24, 2.45) is 5.92 Å². The van der Waals surface area contributed by atoms with Crippen molar-refractivity contribution < 1.29 is 4.79 Å². The van der Waals surface area contributed by atoms with Crippen LogP contribution >= 0.6 is 11.6 Å². The summed E-state index contributed by atoms with van der Waals surface area (Å²) in [7, 11) is 0. The summed E-state index contributed by atoms with van der Waals surface area (Å²) in [5, 5.41) is 10.7. The summed E-state index contributed by atoms with van der Waals surface area (Å²) < 4.78 is 2.06. The molecule has 2 aromatic carbocycles. The Hall–Kier alpha value is -3.19. The first-order valence-electron chi connectivity index (χ1n) is 11.5. The molecule has 2 aromatic heterocycles. The molecule has 0 radical (unpaired) electrons. The zero-order chi connectivity index (χ0) is 22.5.